The summed E-state index contributed by atoms with van der Waals surface area (Å²) >= 11 is 0. The molecule has 1 N–H and O–H groups in total. The molecule has 1 aliphatic rings. The zero-order valence-corrected chi connectivity index (χ0v) is 11.5. The molecule has 102 valence electrons. The number of piperidine rings is 1. The number of aromatic nitrogens is 2. The van der Waals surface area contributed by atoms with E-state index in [9.17, 15) is 0 Å². The number of aryl methyl sites for hydroxylation is 1. The van der Waals surface area contributed by atoms with Crippen LogP contribution in [0.15, 0.2) is 36.7 Å². The van der Waals surface area contributed by atoms with E-state index in [2.05, 4.69) is 52.5 Å². The second kappa shape index (κ2) is 5.57. The standard InChI is InChI=1S/C16H21N3.H2/c1-2-13-3-5-14(6-4-13)15-11-18-19(12-15)16-7-9-17-10-8-16;/h3-6,11-12,16-17H,2,7-10H2,1H3;1H. The predicted molar refractivity (Wildman–Crippen MR) is 80.3 cm³/mol. The lowest BCUT2D eigenvalue weighted by Gasteiger charge is -2.22. The Morgan fingerprint density at radius 1 is 1.21 bits per heavy atom. The number of rotatable bonds is 3. The highest BCUT2D eigenvalue weighted by Gasteiger charge is 2.15. The van der Waals surface area contributed by atoms with Gasteiger partial charge < -0.3 is 5.32 Å². The Labute approximate surface area is 116 Å². The quantitative estimate of drug-likeness (QED) is 0.914. The van der Waals surface area contributed by atoms with Crippen molar-refractivity contribution in [3.63, 3.8) is 0 Å². The van der Waals surface area contributed by atoms with E-state index in [0.717, 1.165) is 19.5 Å². The average Bonchev–Trinajstić information content (AvgIpc) is 2.98. The highest BCUT2D eigenvalue weighted by molar-refractivity contribution is 5.61. The third-order valence-corrected chi connectivity index (χ3v) is 3.98. The fraction of sp³-hybridized carbons (Fsp3) is 0.438. The summed E-state index contributed by atoms with van der Waals surface area (Å²) in [6.45, 7) is 4.39. The first-order chi connectivity index (χ1) is 9.36. The summed E-state index contributed by atoms with van der Waals surface area (Å²) in [5.41, 5.74) is 3.87. The summed E-state index contributed by atoms with van der Waals surface area (Å²) in [5.74, 6) is 0. The molecule has 0 atom stereocenters. The van der Waals surface area contributed by atoms with Crippen LogP contribution in [-0.4, -0.2) is 22.9 Å². The third kappa shape index (κ3) is 2.71. The summed E-state index contributed by atoms with van der Waals surface area (Å²) in [5, 5.41) is 7.94. The molecule has 0 radical (unpaired) electrons. The SMILES string of the molecule is CCc1ccc(-c2cnn(C3CCNCC3)c2)cc1.[HH]. The van der Waals surface area contributed by atoms with Gasteiger partial charge in [0.15, 0.2) is 0 Å². The molecule has 1 fully saturated rings. The van der Waals surface area contributed by atoms with E-state index in [4.69, 9.17) is 0 Å². The van der Waals surface area contributed by atoms with Crippen molar-refractivity contribution in [2.75, 3.05) is 13.1 Å². The van der Waals surface area contributed by atoms with Gasteiger partial charge in [-0.1, -0.05) is 31.2 Å². The molecule has 0 unspecified atom stereocenters. The number of nitrogens with one attached hydrogen (secondary N) is 1. The van der Waals surface area contributed by atoms with Crippen LogP contribution in [0.1, 0.15) is 32.8 Å². The van der Waals surface area contributed by atoms with Gasteiger partial charge in [0.25, 0.3) is 0 Å². The minimum atomic E-state index is 0. The van der Waals surface area contributed by atoms with E-state index in [0.29, 0.717) is 6.04 Å². The second-order valence-corrected chi connectivity index (χ2v) is 5.24. The largest absolute Gasteiger partial charge is 0.317 e. The van der Waals surface area contributed by atoms with Crippen LogP contribution in [0.25, 0.3) is 11.1 Å². The Hall–Kier alpha value is -1.61. The maximum Gasteiger partial charge on any atom is 0.0568 e. The fourth-order valence-corrected chi connectivity index (χ4v) is 2.69. The predicted octanol–water partition coefficient (Wildman–Crippen LogP) is 3.28. The maximum atomic E-state index is 4.55. The summed E-state index contributed by atoms with van der Waals surface area (Å²) in [7, 11) is 0. The normalized spacial score (nSPS) is 16.7. The molecule has 19 heavy (non-hydrogen) atoms. The summed E-state index contributed by atoms with van der Waals surface area (Å²) in [6.07, 6.45) is 7.63. The molecule has 0 amide bonds. The highest BCUT2D eigenvalue weighted by atomic mass is 15.3. The number of hydrogen-bond acceptors (Lipinski definition) is 2. The zero-order valence-electron chi connectivity index (χ0n) is 11.5. The fourth-order valence-electron chi connectivity index (χ4n) is 2.69. The Kier molecular flexibility index (Phi) is 3.65. The molecule has 0 aliphatic carbocycles. The van der Waals surface area contributed by atoms with Crippen LogP contribution in [0.4, 0.5) is 0 Å². The van der Waals surface area contributed by atoms with Crippen molar-refractivity contribution in [2.45, 2.75) is 32.2 Å². The number of hydrogen-bond donors (Lipinski definition) is 1. The van der Waals surface area contributed by atoms with Crippen LogP contribution in [0, 0.1) is 0 Å². The van der Waals surface area contributed by atoms with Gasteiger partial charge in [0.2, 0.25) is 0 Å². The van der Waals surface area contributed by atoms with Gasteiger partial charge in [-0.2, -0.15) is 5.10 Å². The van der Waals surface area contributed by atoms with Crippen LogP contribution >= 0.6 is 0 Å². The van der Waals surface area contributed by atoms with Crippen molar-refractivity contribution in [3.05, 3.63) is 42.2 Å². The molecule has 3 rings (SSSR count). The van der Waals surface area contributed by atoms with Crippen molar-refractivity contribution in [3.8, 4) is 11.1 Å². The average molecular weight is 257 g/mol. The molecule has 3 nitrogen and oxygen atoms in total. The van der Waals surface area contributed by atoms with Crippen molar-refractivity contribution in [1.82, 2.24) is 15.1 Å². The first kappa shape index (κ1) is 12.4. The number of nitrogens with zero attached hydrogens (tertiary/aromatic N) is 2. The molecular weight excluding hydrogens is 234 g/mol. The summed E-state index contributed by atoms with van der Waals surface area (Å²) in [4.78, 5) is 0. The van der Waals surface area contributed by atoms with E-state index in [1.54, 1.807) is 0 Å². The van der Waals surface area contributed by atoms with Crippen LogP contribution < -0.4 is 5.32 Å². The van der Waals surface area contributed by atoms with Gasteiger partial charge in [-0.15, -0.1) is 0 Å². The third-order valence-electron chi connectivity index (χ3n) is 3.98. The molecule has 3 heteroatoms. The van der Waals surface area contributed by atoms with Crippen molar-refractivity contribution < 1.29 is 1.43 Å². The molecule has 1 aromatic carbocycles. The van der Waals surface area contributed by atoms with Crippen molar-refractivity contribution >= 4 is 0 Å². The van der Waals surface area contributed by atoms with Gasteiger partial charge in [0.1, 0.15) is 0 Å². The van der Waals surface area contributed by atoms with E-state index >= 15 is 0 Å². The molecule has 1 saturated heterocycles. The molecule has 0 saturated carbocycles. The zero-order chi connectivity index (χ0) is 13.1. The van der Waals surface area contributed by atoms with Gasteiger partial charge in [-0.3, -0.25) is 4.68 Å². The van der Waals surface area contributed by atoms with Gasteiger partial charge in [0.05, 0.1) is 12.2 Å². The molecule has 0 bridgehead atoms. The van der Waals surface area contributed by atoms with Crippen LogP contribution in [-0.2, 0) is 6.42 Å². The Morgan fingerprint density at radius 3 is 2.63 bits per heavy atom. The minimum Gasteiger partial charge on any atom is -0.317 e. The second-order valence-electron chi connectivity index (χ2n) is 5.24. The maximum absolute atomic E-state index is 4.55. The molecule has 1 aliphatic heterocycles. The summed E-state index contributed by atoms with van der Waals surface area (Å²) in [6, 6.07) is 9.37. The van der Waals surface area contributed by atoms with Gasteiger partial charge in [0, 0.05) is 13.2 Å². The lowest BCUT2D eigenvalue weighted by Crippen LogP contribution is -2.29. The summed E-state index contributed by atoms with van der Waals surface area (Å²) < 4.78 is 2.14. The van der Waals surface area contributed by atoms with Crippen LogP contribution in [0.2, 0.25) is 0 Å². The molecule has 2 heterocycles. The minimum absolute atomic E-state index is 0. The van der Waals surface area contributed by atoms with Gasteiger partial charge in [-0.25, -0.2) is 0 Å². The molecule has 2 aromatic rings. The highest BCUT2D eigenvalue weighted by Crippen LogP contribution is 2.23. The first-order valence-electron chi connectivity index (χ1n) is 7.21. The van der Waals surface area contributed by atoms with Crippen molar-refractivity contribution in [1.29, 1.82) is 0 Å². The van der Waals surface area contributed by atoms with E-state index in [1.807, 2.05) is 6.20 Å². The lowest BCUT2D eigenvalue weighted by atomic mass is 10.1. The monoisotopic (exact) mass is 257 g/mol. The van der Waals surface area contributed by atoms with E-state index in [-0.39, 0.29) is 1.43 Å². The lowest BCUT2D eigenvalue weighted by molar-refractivity contribution is 0.343. The van der Waals surface area contributed by atoms with Gasteiger partial charge >= 0.3 is 0 Å². The molecular formula is C16H23N3. The smallest absolute Gasteiger partial charge is 0.0568 e. The van der Waals surface area contributed by atoms with E-state index in [1.165, 1.54) is 29.5 Å². The van der Waals surface area contributed by atoms with Crippen LogP contribution in [0.3, 0.4) is 0 Å². The Morgan fingerprint density at radius 2 is 1.95 bits per heavy atom. The van der Waals surface area contributed by atoms with Gasteiger partial charge in [-0.05, 0) is 43.5 Å². The Balaban J connectivity index is 0.00000147. The van der Waals surface area contributed by atoms with E-state index < -0.39 is 0 Å². The Bertz CT molecular complexity index is 527. The van der Waals surface area contributed by atoms with Crippen LogP contribution in [0.5, 0.6) is 0 Å². The van der Waals surface area contributed by atoms with Crippen molar-refractivity contribution in [2.24, 2.45) is 0 Å². The number of benzene rings is 1. The molecule has 1 aromatic heterocycles. The molecule has 0 spiro atoms. The topological polar surface area (TPSA) is 29.9 Å². The first-order valence-corrected chi connectivity index (χ1v) is 7.21.